The van der Waals surface area contributed by atoms with Gasteiger partial charge in [0.15, 0.2) is 5.65 Å². The SMILES string of the molecule is Cc1cc(F)c(-c2nc([C@H]3CCO[C@@H](c4cnn(C5CC5)c4)C3)nc3nc(C)c(C)nc23)cc1F. The third kappa shape index (κ3) is 4.07. The Bertz CT molecular complexity index is 1450. The second kappa shape index (κ2) is 8.41. The number of hydrogen-bond donors (Lipinski definition) is 0. The molecular weight excluding hydrogens is 450 g/mol. The Kier molecular flexibility index (Phi) is 5.32. The lowest BCUT2D eigenvalue weighted by molar-refractivity contribution is 0.00396. The molecule has 3 aromatic heterocycles. The van der Waals surface area contributed by atoms with E-state index in [4.69, 9.17) is 14.7 Å². The van der Waals surface area contributed by atoms with Crippen LogP contribution in [0.1, 0.15) is 72.1 Å². The van der Waals surface area contributed by atoms with Crippen molar-refractivity contribution in [1.29, 1.82) is 0 Å². The zero-order valence-electron chi connectivity index (χ0n) is 19.9. The molecule has 1 aliphatic heterocycles. The van der Waals surface area contributed by atoms with Crippen LogP contribution in [0.2, 0.25) is 0 Å². The van der Waals surface area contributed by atoms with Crippen molar-refractivity contribution in [1.82, 2.24) is 29.7 Å². The van der Waals surface area contributed by atoms with Crippen LogP contribution in [0.5, 0.6) is 0 Å². The predicted molar refractivity (Wildman–Crippen MR) is 126 cm³/mol. The summed E-state index contributed by atoms with van der Waals surface area (Å²) in [5.74, 6) is -0.520. The first-order valence-corrected chi connectivity index (χ1v) is 12.0. The first kappa shape index (κ1) is 22.2. The molecule has 2 aliphatic rings. The Balaban J connectivity index is 1.43. The van der Waals surface area contributed by atoms with Gasteiger partial charge in [-0.1, -0.05) is 0 Å². The molecule has 4 aromatic rings. The lowest BCUT2D eigenvalue weighted by atomic mass is 9.92. The summed E-state index contributed by atoms with van der Waals surface area (Å²) in [6.07, 6.45) is 7.55. The Morgan fingerprint density at radius 2 is 1.74 bits per heavy atom. The molecule has 6 rings (SSSR count). The molecule has 0 N–H and O–H groups in total. The van der Waals surface area contributed by atoms with E-state index < -0.39 is 11.6 Å². The number of hydrogen-bond acceptors (Lipinski definition) is 6. The number of halogens is 2. The molecule has 4 heterocycles. The molecule has 0 spiro atoms. The standard InChI is InChI=1S/C26H26F2N6O/c1-13-8-21(28)19(10-20(13)27)23-24-26(31-15(3)14(2)30-24)33-25(32-23)16-6-7-35-22(9-16)17-11-29-34(12-17)18-4-5-18/h8,10-12,16,18,22H,4-7,9H2,1-3H3/t16-,22+/m0/s1. The number of benzene rings is 1. The lowest BCUT2D eigenvalue weighted by Gasteiger charge is -2.28. The molecule has 2 atom stereocenters. The molecule has 1 saturated carbocycles. The van der Waals surface area contributed by atoms with Crippen LogP contribution >= 0.6 is 0 Å². The minimum atomic E-state index is -0.549. The van der Waals surface area contributed by atoms with E-state index in [0.717, 1.165) is 17.7 Å². The van der Waals surface area contributed by atoms with Crippen LogP contribution in [-0.4, -0.2) is 36.3 Å². The highest BCUT2D eigenvalue weighted by atomic mass is 19.1. The molecule has 9 heteroatoms. The van der Waals surface area contributed by atoms with Crippen molar-refractivity contribution < 1.29 is 13.5 Å². The van der Waals surface area contributed by atoms with Crippen molar-refractivity contribution in [3.8, 4) is 11.3 Å². The summed E-state index contributed by atoms with van der Waals surface area (Å²) < 4.78 is 37.6. The Morgan fingerprint density at radius 3 is 2.54 bits per heavy atom. The van der Waals surface area contributed by atoms with Crippen molar-refractivity contribution in [2.45, 2.75) is 64.5 Å². The van der Waals surface area contributed by atoms with E-state index in [1.807, 2.05) is 24.7 Å². The fourth-order valence-electron chi connectivity index (χ4n) is 4.65. The average Bonchev–Trinajstić information content (AvgIpc) is 3.58. The van der Waals surface area contributed by atoms with Crippen LogP contribution in [0.25, 0.3) is 22.4 Å². The average molecular weight is 477 g/mol. The second-order valence-corrected chi connectivity index (χ2v) is 9.64. The summed E-state index contributed by atoms with van der Waals surface area (Å²) >= 11 is 0. The fourth-order valence-corrected chi connectivity index (χ4v) is 4.65. The summed E-state index contributed by atoms with van der Waals surface area (Å²) in [6.45, 7) is 5.77. The van der Waals surface area contributed by atoms with Gasteiger partial charge in [0.2, 0.25) is 0 Å². The fraction of sp³-hybridized carbons (Fsp3) is 0.423. The third-order valence-corrected chi connectivity index (χ3v) is 7.03. The maximum atomic E-state index is 15.0. The zero-order valence-corrected chi connectivity index (χ0v) is 19.9. The monoisotopic (exact) mass is 476 g/mol. The molecule has 2 fully saturated rings. The number of ether oxygens (including phenoxy) is 1. The Hall–Kier alpha value is -3.33. The van der Waals surface area contributed by atoms with Crippen LogP contribution < -0.4 is 0 Å². The Labute approximate surface area is 201 Å². The van der Waals surface area contributed by atoms with E-state index in [9.17, 15) is 4.39 Å². The van der Waals surface area contributed by atoms with E-state index in [1.165, 1.54) is 31.9 Å². The molecule has 7 nitrogen and oxygen atoms in total. The first-order valence-electron chi connectivity index (χ1n) is 12.0. The van der Waals surface area contributed by atoms with Gasteiger partial charge in [0.25, 0.3) is 0 Å². The smallest absolute Gasteiger partial charge is 0.182 e. The lowest BCUT2D eigenvalue weighted by Crippen LogP contribution is -2.20. The zero-order chi connectivity index (χ0) is 24.3. The van der Waals surface area contributed by atoms with E-state index in [0.29, 0.717) is 41.8 Å². The Morgan fingerprint density at radius 1 is 0.943 bits per heavy atom. The van der Waals surface area contributed by atoms with Gasteiger partial charge in [-0.2, -0.15) is 5.10 Å². The summed E-state index contributed by atoms with van der Waals surface area (Å²) in [6, 6.07) is 2.88. The van der Waals surface area contributed by atoms with Gasteiger partial charge in [0.05, 0.1) is 29.7 Å². The summed E-state index contributed by atoms with van der Waals surface area (Å²) in [7, 11) is 0. The van der Waals surface area contributed by atoms with E-state index >= 15 is 4.39 Å². The van der Waals surface area contributed by atoms with Crippen molar-refractivity contribution >= 4 is 11.2 Å². The largest absolute Gasteiger partial charge is 0.373 e. The van der Waals surface area contributed by atoms with Gasteiger partial charge in [-0.3, -0.25) is 4.68 Å². The molecule has 0 unspecified atom stereocenters. The topological polar surface area (TPSA) is 78.6 Å². The van der Waals surface area contributed by atoms with Gasteiger partial charge in [-0.05, 0) is 64.2 Å². The molecule has 1 saturated heterocycles. The quantitative estimate of drug-likeness (QED) is 0.389. The van der Waals surface area contributed by atoms with Gasteiger partial charge in [-0.15, -0.1) is 0 Å². The predicted octanol–water partition coefficient (Wildman–Crippen LogP) is 5.46. The maximum Gasteiger partial charge on any atom is 0.182 e. The van der Waals surface area contributed by atoms with Crippen molar-refractivity contribution in [3.05, 3.63) is 64.5 Å². The highest BCUT2D eigenvalue weighted by Gasteiger charge is 2.31. The number of nitrogens with zero attached hydrogens (tertiary/aromatic N) is 6. The number of aryl methyl sites for hydroxylation is 3. The van der Waals surface area contributed by atoms with Crippen molar-refractivity contribution in [3.63, 3.8) is 0 Å². The van der Waals surface area contributed by atoms with E-state index in [-0.39, 0.29) is 28.8 Å². The summed E-state index contributed by atoms with van der Waals surface area (Å²) in [5, 5.41) is 4.50. The molecular formula is C26H26F2N6O. The van der Waals surface area contributed by atoms with Gasteiger partial charge >= 0.3 is 0 Å². The van der Waals surface area contributed by atoms with Crippen molar-refractivity contribution in [2.75, 3.05) is 6.61 Å². The molecule has 0 radical (unpaired) electrons. The van der Waals surface area contributed by atoms with Crippen LogP contribution in [0.15, 0.2) is 24.5 Å². The summed E-state index contributed by atoms with van der Waals surface area (Å²) in [4.78, 5) is 18.7. The highest BCUT2D eigenvalue weighted by Crippen LogP contribution is 2.40. The van der Waals surface area contributed by atoms with Crippen LogP contribution in [0.4, 0.5) is 8.78 Å². The minimum Gasteiger partial charge on any atom is -0.373 e. The molecule has 0 amide bonds. The maximum absolute atomic E-state index is 15.0. The second-order valence-electron chi connectivity index (χ2n) is 9.64. The highest BCUT2D eigenvalue weighted by molar-refractivity contribution is 5.87. The number of rotatable bonds is 4. The van der Waals surface area contributed by atoms with Crippen molar-refractivity contribution in [2.24, 2.45) is 0 Å². The number of fused-ring (bicyclic) bond motifs is 1. The van der Waals surface area contributed by atoms with Gasteiger partial charge in [0.1, 0.15) is 28.7 Å². The summed E-state index contributed by atoms with van der Waals surface area (Å²) in [5.41, 5.74) is 3.80. The van der Waals surface area contributed by atoms with Crippen LogP contribution in [-0.2, 0) is 4.74 Å². The molecule has 180 valence electrons. The number of aromatic nitrogens is 6. The minimum absolute atomic E-state index is 0.0251. The van der Waals surface area contributed by atoms with Crippen LogP contribution in [0, 0.1) is 32.4 Å². The third-order valence-electron chi connectivity index (χ3n) is 7.03. The van der Waals surface area contributed by atoms with Gasteiger partial charge in [0, 0.05) is 29.8 Å². The van der Waals surface area contributed by atoms with E-state index in [2.05, 4.69) is 21.3 Å². The molecule has 35 heavy (non-hydrogen) atoms. The van der Waals surface area contributed by atoms with Gasteiger partial charge < -0.3 is 4.74 Å². The molecule has 1 aliphatic carbocycles. The van der Waals surface area contributed by atoms with E-state index in [1.54, 1.807) is 0 Å². The normalized spacial score (nSPS) is 20.5. The molecule has 0 bridgehead atoms. The first-order chi connectivity index (χ1) is 16.9. The van der Waals surface area contributed by atoms with Crippen LogP contribution in [0.3, 0.4) is 0 Å². The molecule has 1 aromatic carbocycles. The van der Waals surface area contributed by atoms with Gasteiger partial charge in [-0.25, -0.2) is 28.7 Å².